The molecule has 1 heterocycles. The number of hydrogen-bond donors (Lipinski definition) is 3. The lowest BCUT2D eigenvalue weighted by Crippen LogP contribution is -2.46. The van der Waals surface area contributed by atoms with Crippen LogP contribution in [-0.4, -0.2) is 63.6 Å². The quantitative estimate of drug-likeness (QED) is 0.274. The number of hydrogen-bond acceptors (Lipinski definition) is 4. The molecule has 7 nitrogen and oxygen atoms in total. The summed E-state index contributed by atoms with van der Waals surface area (Å²) in [5.74, 6) is 1.50. The van der Waals surface area contributed by atoms with Gasteiger partial charge in [0.05, 0.1) is 19.7 Å². The molecule has 1 aliphatic rings. The van der Waals surface area contributed by atoms with Crippen LogP contribution in [-0.2, 0) is 4.79 Å². The largest absolute Gasteiger partial charge is 0.496 e. The molecule has 1 atom stereocenters. The van der Waals surface area contributed by atoms with Crippen molar-refractivity contribution in [3.05, 3.63) is 29.8 Å². The Hall–Kier alpha value is -1.55. The summed E-state index contributed by atoms with van der Waals surface area (Å²) in [6, 6.07) is 8.36. The highest BCUT2D eigenvalue weighted by Gasteiger charge is 2.26. The fourth-order valence-electron chi connectivity index (χ4n) is 3.34. The fraction of sp³-hybridized carbons (Fsp3) is 0.600. The molecule has 1 saturated heterocycles. The second-order valence-electron chi connectivity index (χ2n) is 6.66. The second-order valence-corrected chi connectivity index (χ2v) is 6.66. The van der Waals surface area contributed by atoms with Gasteiger partial charge in [-0.1, -0.05) is 25.1 Å². The number of carbonyl (C=O) groups excluding carboxylic acids is 1. The molecule has 1 aliphatic heterocycles. The number of methoxy groups -OCH3 is 1. The third-order valence-electron chi connectivity index (χ3n) is 4.75. The summed E-state index contributed by atoms with van der Waals surface area (Å²) in [4.78, 5) is 18.5. The predicted octanol–water partition coefficient (Wildman–Crippen LogP) is 2.14. The van der Waals surface area contributed by atoms with Crippen molar-refractivity contribution in [1.82, 2.24) is 20.9 Å². The molecule has 8 heteroatoms. The Labute approximate surface area is 185 Å². The van der Waals surface area contributed by atoms with Crippen molar-refractivity contribution in [2.75, 3.05) is 46.9 Å². The molecule has 0 aliphatic carbocycles. The topological polar surface area (TPSA) is 78.0 Å². The van der Waals surface area contributed by atoms with Gasteiger partial charge in [0, 0.05) is 25.7 Å². The smallest absolute Gasteiger partial charge is 0.239 e. The zero-order chi connectivity index (χ0) is 19.5. The standard InChI is InChI=1S/C20H33N5O2.HI/c1-4-11-22-19(26)15-24-20(21-2)23-14-17(25-12-7-8-13-25)16-9-5-6-10-18(16)27-3;/h5-6,9-10,17H,4,7-8,11-15H2,1-3H3,(H,22,26)(H2,21,23,24);1H. The first kappa shape index (κ1) is 24.5. The molecule has 2 rings (SSSR count). The molecule has 0 radical (unpaired) electrons. The van der Waals surface area contributed by atoms with Crippen LogP contribution in [0, 0.1) is 0 Å². The number of ether oxygens (including phenoxy) is 1. The number of aliphatic imine (C=N–C) groups is 1. The Morgan fingerprint density at radius 1 is 1.21 bits per heavy atom. The van der Waals surface area contributed by atoms with E-state index in [-0.39, 0.29) is 42.5 Å². The Morgan fingerprint density at radius 3 is 2.57 bits per heavy atom. The summed E-state index contributed by atoms with van der Waals surface area (Å²) in [7, 11) is 3.43. The summed E-state index contributed by atoms with van der Waals surface area (Å²) in [6.45, 7) is 5.78. The first-order chi connectivity index (χ1) is 13.2. The normalized spacial score (nSPS) is 15.5. The number of carbonyl (C=O) groups is 1. The number of benzene rings is 1. The van der Waals surface area contributed by atoms with Gasteiger partial charge in [-0.05, 0) is 38.4 Å². The summed E-state index contributed by atoms with van der Waals surface area (Å²) >= 11 is 0. The minimum atomic E-state index is -0.0272. The van der Waals surface area contributed by atoms with Crippen molar-refractivity contribution in [3.8, 4) is 5.75 Å². The van der Waals surface area contributed by atoms with Crippen LogP contribution in [0.1, 0.15) is 37.8 Å². The average molecular weight is 503 g/mol. The molecule has 158 valence electrons. The molecule has 1 amide bonds. The van der Waals surface area contributed by atoms with E-state index < -0.39 is 0 Å². The lowest BCUT2D eigenvalue weighted by Gasteiger charge is -2.30. The number of rotatable bonds is 9. The predicted molar refractivity (Wildman–Crippen MR) is 125 cm³/mol. The molecule has 1 fully saturated rings. The average Bonchev–Trinajstić information content (AvgIpc) is 3.23. The molecule has 1 unspecified atom stereocenters. The third kappa shape index (κ3) is 7.46. The zero-order valence-corrected chi connectivity index (χ0v) is 19.5. The first-order valence-corrected chi connectivity index (χ1v) is 9.77. The van der Waals surface area contributed by atoms with Crippen molar-refractivity contribution in [2.45, 2.75) is 32.2 Å². The van der Waals surface area contributed by atoms with E-state index in [1.165, 1.54) is 18.4 Å². The van der Waals surface area contributed by atoms with E-state index in [4.69, 9.17) is 4.74 Å². The van der Waals surface area contributed by atoms with Gasteiger partial charge in [-0.2, -0.15) is 0 Å². The molecule has 28 heavy (non-hydrogen) atoms. The minimum absolute atomic E-state index is 0. The Bertz CT molecular complexity index is 620. The number of likely N-dealkylation sites (tertiary alicyclic amines) is 1. The van der Waals surface area contributed by atoms with Crippen LogP contribution >= 0.6 is 24.0 Å². The van der Waals surface area contributed by atoms with Gasteiger partial charge >= 0.3 is 0 Å². The third-order valence-corrected chi connectivity index (χ3v) is 4.75. The van der Waals surface area contributed by atoms with Gasteiger partial charge in [-0.15, -0.1) is 24.0 Å². The SMILES string of the molecule is CCCNC(=O)CNC(=NC)NCC(c1ccccc1OC)N1CCCC1.I. The van der Waals surface area contributed by atoms with E-state index in [1.807, 2.05) is 25.1 Å². The van der Waals surface area contributed by atoms with Gasteiger partial charge in [0.2, 0.25) is 5.91 Å². The van der Waals surface area contributed by atoms with Crippen LogP contribution in [0.25, 0.3) is 0 Å². The number of nitrogens with one attached hydrogen (secondary N) is 3. The van der Waals surface area contributed by atoms with Crippen molar-refractivity contribution in [2.24, 2.45) is 4.99 Å². The fourth-order valence-corrected chi connectivity index (χ4v) is 3.34. The highest BCUT2D eigenvalue weighted by molar-refractivity contribution is 14.0. The van der Waals surface area contributed by atoms with Crippen LogP contribution < -0.4 is 20.7 Å². The van der Waals surface area contributed by atoms with Crippen molar-refractivity contribution >= 4 is 35.8 Å². The van der Waals surface area contributed by atoms with E-state index >= 15 is 0 Å². The molecule has 3 N–H and O–H groups in total. The first-order valence-electron chi connectivity index (χ1n) is 9.77. The second kappa shape index (κ2) is 13.6. The summed E-state index contributed by atoms with van der Waals surface area (Å²) in [5.41, 5.74) is 1.17. The molecule has 0 saturated carbocycles. The highest BCUT2D eigenvalue weighted by Crippen LogP contribution is 2.31. The van der Waals surface area contributed by atoms with Gasteiger partial charge in [0.15, 0.2) is 5.96 Å². The maximum Gasteiger partial charge on any atom is 0.239 e. The minimum Gasteiger partial charge on any atom is -0.496 e. The highest BCUT2D eigenvalue weighted by atomic mass is 127. The molecule has 1 aromatic rings. The Morgan fingerprint density at radius 2 is 1.93 bits per heavy atom. The van der Waals surface area contributed by atoms with Crippen molar-refractivity contribution in [3.63, 3.8) is 0 Å². The molecule has 0 spiro atoms. The molecule has 1 aromatic carbocycles. The number of amides is 1. The molecule has 0 aromatic heterocycles. The van der Waals surface area contributed by atoms with Gasteiger partial charge in [0.25, 0.3) is 0 Å². The number of guanidine groups is 1. The summed E-state index contributed by atoms with van der Waals surface area (Å²) in [6.07, 6.45) is 3.36. The monoisotopic (exact) mass is 503 g/mol. The van der Waals surface area contributed by atoms with E-state index in [9.17, 15) is 4.79 Å². The van der Waals surface area contributed by atoms with E-state index in [1.54, 1.807) is 14.2 Å². The van der Waals surface area contributed by atoms with Crippen LogP contribution in [0.4, 0.5) is 0 Å². The Balaban J connectivity index is 0.00000392. The number of nitrogens with zero attached hydrogens (tertiary/aromatic N) is 2. The van der Waals surface area contributed by atoms with Crippen LogP contribution in [0.15, 0.2) is 29.3 Å². The van der Waals surface area contributed by atoms with Crippen LogP contribution in [0.3, 0.4) is 0 Å². The lowest BCUT2D eigenvalue weighted by molar-refractivity contribution is -0.120. The summed E-state index contributed by atoms with van der Waals surface area (Å²) < 4.78 is 5.58. The zero-order valence-electron chi connectivity index (χ0n) is 17.2. The van der Waals surface area contributed by atoms with Gasteiger partial charge < -0.3 is 20.7 Å². The van der Waals surface area contributed by atoms with Crippen molar-refractivity contribution in [1.29, 1.82) is 0 Å². The number of para-hydroxylation sites is 1. The maximum atomic E-state index is 11.8. The van der Waals surface area contributed by atoms with E-state index in [2.05, 4.69) is 31.9 Å². The van der Waals surface area contributed by atoms with Crippen LogP contribution in [0.2, 0.25) is 0 Å². The Kier molecular flexibility index (Phi) is 11.9. The number of halogens is 1. The molecule has 0 bridgehead atoms. The van der Waals surface area contributed by atoms with Gasteiger partial charge in [-0.3, -0.25) is 14.7 Å². The lowest BCUT2D eigenvalue weighted by atomic mass is 10.0. The summed E-state index contributed by atoms with van der Waals surface area (Å²) in [5, 5.41) is 9.30. The maximum absolute atomic E-state index is 11.8. The van der Waals surface area contributed by atoms with E-state index in [0.29, 0.717) is 19.0 Å². The van der Waals surface area contributed by atoms with Crippen molar-refractivity contribution < 1.29 is 9.53 Å². The van der Waals surface area contributed by atoms with Crippen LogP contribution in [0.5, 0.6) is 5.75 Å². The van der Waals surface area contributed by atoms with Gasteiger partial charge in [0.1, 0.15) is 5.75 Å². The van der Waals surface area contributed by atoms with E-state index in [0.717, 1.165) is 25.3 Å². The molecular weight excluding hydrogens is 469 g/mol. The van der Waals surface area contributed by atoms with Gasteiger partial charge in [-0.25, -0.2) is 0 Å². The molecular formula is C20H34IN5O2.